The van der Waals surface area contributed by atoms with Crippen LogP contribution in [-0.2, 0) is 33.4 Å². The number of ether oxygens (including phenoxy) is 2. The smallest absolute Gasteiger partial charge is 0.488 e. The molecule has 2 aliphatic heterocycles. The number of Topliss-reactive ketones (excluding diaryl/α,β-unsaturated/α-hetero) is 1. The molecule has 0 radical (unpaired) electrons. The molecule has 53 heavy (non-hydrogen) atoms. The number of amides is 3. The van der Waals surface area contributed by atoms with Crippen molar-refractivity contribution >= 4 is 73.1 Å². The lowest BCUT2D eigenvalue weighted by molar-refractivity contribution is -0.372. The van der Waals surface area contributed by atoms with E-state index in [0.717, 1.165) is 51.2 Å². The van der Waals surface area contributed by atoms with E-state index in [1.807, 2.05) is 12.2 Å². The molecule has 3 amide bonds. The Kier molecular flexibility index (Phi) is 11.7. The molecule has 16 heteroatoms. The largest absolute Gasteiger partial charge is 0.605 e. The lowest BCUT2D eigenvalue weighted by Gasteiger charge is -2.29. The number of hydrogen-bond donors (Lipinski definition) is 2. The highest BCUT2D eigenvalue weighted by molar-refractivity contribution is 9.09. The summed E-state index contributed by atoms with van der Waals surface area (Å²) in [6, 6.07) is 3.83. The Balaban J connectivity index is 1.35. The predicted octanol–water partition coefficient (Wildman–Crippen LogP) is 3.89. The van der Waals surface area contributed by atoms with Gasteiger partial charge >= 0.3 is 12.1 Å². The molecule has 2 N–H and O–H groups in total. The van der Waals surface area contributed by atoms with Crippen LogP contribution in [-0.4, -0.2) is 103 Å². The van der Waals surface area contributed by atoms with Gasteiger partial charge in [-0.2, -0.15) is 0 Å². The average Bonchev–Trinajstić information content (AvgIpc) is 3.41. The highest BCUT2D eigenvalue weighted by Gasteiger charge is 2.68. The third-order valence-electron chi connectivity index (χ3n) is 10.5. The van der Waals surface area contributed by atoms with Crippen LogP contribution in [0.5, 0.6) is 5.75 Å². The summed E-state index contributed by atoms with van der Waals surface area (Å²) in [5.74, 6) is -2.41. The normalized spacial score (nSPS) is 27.4. The number of aromatic nitrogens is 1. The third kappa shape index (κ3) is 8.48. The van der Waals surface area contributed by atoms with Crippen molar-refractivity contribution in [2.24, 2.45) is 5.92 Å². The Hall–Kier alpha value is -4.18. The van der Waals surface area contributed by atoms with Gasteiger partial charge in [0.25, 0.3) is 0 Å². The van der Waals surface area contributed by atoms with Crippen LogP contribution >= 0.6 is 15.9 Å². The maximum absolute atomic E-state index is 14.5. The molecular weight excluding hydrogens is 772 g/mol. The zero-order valence-corrected chi connectivity index (χ0v) is 31.9. The van der Waals surface area contributed by atoms with E-state index >= 15 is 0 Å². The van der Waals surface area contributed by atoms with Crippen molar-refractivity contribution in [1.82, 2.24) is 20.5 Å². The Morgan fingerprint density at radius 2 is 1.87 bits per heavy atom. The SMILES string of the molecule is C=[O+]C(=O)[C@@]12CC1/C=C\CCCCC[C@H](NC(=O)OC1CCCC1)C(=O)N1C[C@H](Oc3cc(C(=O)CBr)nc4c(S(C)(=O)=O)cccc34)C[C@H]1C(=O)N2. The van der Waals surface area contributed by atoms with Crippen LogP contribution in [0.25, 0.3) is 10.9 Å². The Morgan fingerprint density at radius 3 is 2.58 bits per heavy atom. The Bertz CT molecular complexity index is 1950. The second-order valence-electron chi connectivity index (χ2n) is 14.2. The minimum Gasteiger partial charge on any atom is -0.488 e. The van der Waals surface area contributed by atoms with Crippen LogP contribution in [0.4, 0.5) is 4.79 Å². The van der Waals surface area contributed by atoms with Gasteiger partial charge in [0, 0.05) is 30.0 Å². The molecule has 2 aromatic rings. The summed E-state index contributed by atoms with van der Waals surface area (Å²) >= 11 is 3.15. The Morgan fingerprint density at radius 1 is 1.11 bits per heavy atom. The lowest BCUT2D eigenvalue weighted by atomic mass is 10.0. The summed E-state index contributed by atoms with van der Waals surface area (Å²) in [6.07, 6.45) is 10.1. The zero-order chi connectivity index (χ0) is 37.9. The van der Waals surface area contributed by atoms with E-state index in [2.05, 4.69) is 38.3 Å². The molecule has 0 spiro atoms. The van der Waals surface area contributed by atoms with E-state index in [9.17, 15) is 32.4 Å². The van der Waals surface area contributed by atoms with Gasteiger partial charge in [-0.05, 0) is 63.5 Å². The molecule has 2 saturated carbocycles. The van der Waals surface area contributed by atoms with Crippen LogP contribution in [0.1, 0.15) is 81.1 Å². The van der Waals surface area contributed by atoms with Gasteiger partial charge in [0.2, 0.25) is 17.4 Å². The standard InChI is InChI=1S/C37H43BrN4O10S/c1-50-35(46)37-19-22(37)11-6-4-3-5-7-15-26(40-36(47)52-23-12-8-9-13-23)34(45)42-21-24(17-28(42)33(44)41-37)51-30-18-27(29(43)20-38)39-32-25(30)14-10-16-31(32)53(2,48)49/h6,10-11,14,16,18,22-24,26,28H,1,3-5,7-9,12-13,15,17,19-21H2,2H3,(H-,40,41,44,47)/p+1/b11-6-/t22?,24-,26+,28+,37-/m1/s1. The highest BCUT2D eigenvalue weighted by atomic mass is 79.9. The number of fused-ring (bicyclic) bond motifs is 3. The molecular formula is C37H44BrN4O10S+. The van der Waals surface area contributed by atoms with Crippen molar-refractivity contribution in [3.63, 3.8) is 0 Å². The number of carbonyl (C=O) groups excluding carboxylic acids is 6. The van der Waals surface area contributed by atoms with Crippen LogP contribution in [0.15, 0.2) is 41.3 Å². The van der Waals surface area contributed by atoms with Gasteiger partial charge in [-0.3, -0.25) is 18.8 Å². The summed E-state index contributed by atoms with van der Waals surface area (Å²) in [5, 5.41) is 5.87. The number of nitrogens with zero attached hydrogens (tertiary/aromatic N) is 2. The number of carbonyl (C=O) groups is 5. The molecule has 1 aromatic heterocycles. The van der Waals surface area contributed by atoms with E-state index in [1.54, 1.807) is 6.07 Å². The van der Waals surface area contributed by atoms with Gasteiger partial charge in [0.05, 0.1) is 27.1 Å². The molecule has 3 heterocycles. The van der Waals surface area contributed by atoms with Crippen molar-refractivity contribution in [3.05, 3.63) is 42.1 Å². The highest BCUT2D eigenvalue weighted by Crippen LogP contribution is 2.46. The van der Waals surface area contributed by atoms with Gasteiger partial charge in [0.1, 0.15) is 35.7 Å². The first-order chi connectivity index (χ1) is 25.3. The second kappa shape index (κ2) is 16.0. The first-order valence-electron chi connectivity index (χ1n) is 18.0. The van der Waals surface area contributed by atoms with Crippen LogP contribution in [0.3, 0.4) is 0 Å². The fourth-order valence-corrected chi connectivity index (χ4v) is 8.69. The first-order valence-corrected chi connectivity index (χ1v) is 21.0. The number of benzene rings is 1. The maximum Gasteiger partial charge on any atom is 0.605 e. The monoisotopic (exact) mass is 815 g/mol. The van der Waals surface area contributed by atoms with Crippen LogP contribution in [0.2, 0.25) is 0 Å². The third-order valence-corrected chi connectivity index (χ3v) is 12.1. The number of para-hydroxylation sites is 1. The quantitative estimate of drug-likeness (QED) is 0.171. The number of nitrogens with one attached hydrogen (secondary N) is 2. The van der Waals surface area contributed by atoms with Gasteiger partial charge < -0.3 is 25.0 Å². The molecule has 14 nitrogen and oxygen atoms in total. The van der Waals surface area contributed by atoms with Crippen molar-refractivity contribution in [3.8, 4) is 5.75 Å². The summed E-state index contributed by atoms with van der Waals surface area (Å²) in [5.41, 5.74) is -1.33. The minimum atomic E-state index is -3.76. The second-order valence-corrected chi connectivity index (χ2v) is 16.8. The number of halogens is 1. The molecule has 3 fully saturated rings. The van der Waals surface area contributed by atoms with Crippen molar-refractivity contribution in [2.75, 3.05) is 18.1 Å². The Labute approximate surface area is 316 Å². The molecule has 1 aromatic carbocycles. The fourth-order valence-electron chi connectivity index (χ4n) is 7.57. The summed E-state index contributed by atoms with van der Waals surface area (Å²) in [4.78, 5) is 73.2. The molecule has 1 saturated heterocycles. The maximum atomic E-state index is 14.5. The first kappa shape index (κ1) is 38.5. The molecule has 4 aliphatic rings. The topological polar surface area (TPSA) is 189 Å². The van der Waals surface area contributed by atoms with E-state index < -0.39 is 63.2 Å². The number of ketones is 1. The number of allylic oxidation sites excluding steroid dienone is 1. The van der Waals surface area contributed by atoms with Crippen LogP contribution in [0, 0.1) is 5.92 Å². The minimum absolute atomic E-state index is 0.0237. The molecule has 0 bridgehead atoms. The number of alkyl halides is 1. The lowest BCUT2D eigenvalue weighted by Crippen LogP contribution is -2.56. The average molecular weight is 817 g/mol. The van der Waals surface area contributed by atoms with Crippen molar-refractivity contribution < 1.29 is 46.3 Å². The molecule has 5 atom stereocenters. The molecule has 6 rings (SSSR count). The van der Waals surface area contributed by atoms with Crippen molar-refractivity contribution in [1.29, 1.82) is 0 Å². The van der Waals surface area contributed by atoms with E-state index in [1.165, 1.54) is 23.1 Å². The number of alkyl carbamates (subject to hydrolysis) is 1. The summed E-state index contributed by atoms with van der Waals surface area (Å²) in [6.45, 7) is 3.18. The number of pyridine rings is 1. The summed E-state index contributed by atoms with van der Waals surface area (Å²) < 4.78 is 42.4. The molecule has 1 unspecified atom stereocenters. The number of rotatable bonds is 8. The van der Waals surface area contributed by atoms with Crippen molar-refractivity contribution in [2.45, 2.75) is 105 Å². The van der Waals surface area contributed by atoms with Gasteiger partial charge in [-0.15, -0.1) is 0 Å². The van der Waals surface area contributed by atoms with Crippen LogP contribution < -0.4 is 15.4 Å². The fraction of sp³-hybridized carbons (Fsp3) is 0.541. The van der Waals surface area contributed by atoms with E-state index in [-0.39, 0.29) is 52.2 Å². The van der Waals surface area contributed by atoms with Gasteiger partial charge in [-0.1, -0.05) is 47.0 Å². The zero-order valence-electron chi connectivity index (χ0n) is 29.5. The predicted molar refractivity (Wildman–Crippen MR) is 197 cm³/mol. The van der Waals surface area contributed by atoms with E-state index in [0.29, 0.717) is 24.6 Å². The molecule has 284 valence electrons. The van der Waals surface area contributed by atoms with Gasteiger partial charge in [0.15, 0.2) is 22.4 Å². The van der Waals surface area contributed by atoms with E-state index in [4.69, 9.17) is 13.9 Å². The summed E-state index contributed by atoms with van der Waals surface area (Å²) in [7, 11) is -3.76. The molecule has 2 aliphatic carbocycles. The number of sulfone groups is 1. The number of hydrogen-bond acceptors (Lipinski definition) is 10. The van der Waals surface area contributed by atoms with Gasteiger partial charge in [-0.25, -0.2) is 18.2 Å².